The summed E-state index contributed by atoms with van der Waals surface area (Å²) >= 11 is 1.90. The summed E-state index contributed by atoms with van der Waals surface area (Å²) in [7, 11) is -1.36. The van der Waals surface area contributed by atoms with Crippen molar-refractivity contribution < 1.29 is 13.3 Å². The molecule has 0 aliphatic heterocycles. The first kappa shape index (κ1) is 15.4. The van der Waals surface area contributed by atoms with Crippen molar-refractivity contribution >= 4 is 29.4 Å². The third kappa shape index (κ3) is 6.54. The zero-order chi connectivity index (χ0) is 11.6. The van der Waals surface area contributed by atoms with Gasteiger partial charge in [0.15, 0.2) is 0 Å². The van der Waals surface area contributed by atoms with Crippen LogP contribution in [-0.4, -0.2) is 43.8 Å². The molecule has 0 heterocycles. The van der Waals surface area contributed by atoms with E-state index in [1.54, 1.807) is 0 Å². The Hall–Kier alpha value is 0.404. The quantitative estimate of drug-likeness (QED) is 0.585. The number of hydrogen-bond acceptors (Lipinski definition) is 4. The molecule has 0 amide bonds. The Kier molecular flexibility index (Phi) is 9.88. The second-order valence-electron chi connectivity index (χ2n) is 2.76. The van der Waals surface area contributed by atoms with E-state index in [1.807, 2.05) is 37.7 Å². The first-order valence-electron chi connectivity index (χ1n) is 5.33. The van der Waals surface area contributed by atoms with E-state index in [0.717, 1.165) is 15.1 Å². The highest BCUT2D eigenvalue weighted by Gasteiger charge is 2.37. The topological polar surface area (TPSA) is 27.7 Å². The number of rotatable bonds is 9. The van der Waals surface area contributed by atoms with Gasteiger partial charge in [-0.3, -0.25) is 0 Å². The third-order valence-corrected chi connectivity index (χ3v) is 5.86. The first-order valence-corrected chi connectivity index (χ1v) is 11.0. The van der Waals surface area contributed by atoms with Gasteiger partial charge in [0.2, 0.25) is 0 Å². The molecule has 0 aromatic rings. The molecule has 0 saturated heterocycles. The molecule has 0 rings (SSSR count). The maximum atomic E-state index is 5.67. The highest BCUT2D eigenvalue weighted by atomic mass is 32.4. The van der Waals surface area contributed by atoms with Gasteiger partial charge >= 0.3 is 8.80 Å². The molecular formula is C9H22O3SSi2. The van der Waals surface area contributed by atoms with Crippen LogP contribution in [0.5, 0.6) is 0 Å². The minimum atomic E-state index is -2.51. The van der Waals surface area contributed by atoms with Crippen molar-refractivity contribution in [1.29, 1.82) is 0 Å². The van der Waals surface area contributed by atoms with Gasteiger partial charge in [0.25, 0.3) is 0 Å². The minimum Gasteiger partial charge on any atom is -0.371 e. The molecule has 0 fully saturated rings. The Morgan fingerprint density at radius 1 is 1.07 bits per heavy atom. The molecule has 0 aliphatic rings. The SMILES string of the molecule is CCO[Si](C=CCS[SiH3])(OCC)OCC. The van der Waals surface area contributed by atoms with Crippen molar-refractivity contribution in [3.8, 4) is 0 Å². The van der Waals surface area contributed by atoms with Crippen LogP contribution in [0.2, 0.25) is 0 Å². The van der Waals surface area contributed by atoms with Crippen LogP contribution in [0.25, 0.3) is 0 Å². The van der Waals surface area contributed by atoms with E-state index in [1.165, 1.54) is 0 Å². The van der Waals surface area contributed by atoms with E-state index in [9.17, 15) is 0 Å². The summed E-state index contributed by atoms with van der Waals surface area (Å²) in [6.45, 7) is 7.79. The van der Waals surface area contributed by atoms with Gasteiger partial charge in [-0.1, -0.05) is 6.08 Å². The molecule has 90 valence electrons. The van der Waals surface area contributed by atoms with E-state index in [2.05, 4.69) is 6.08 Å². The number of hydrogen-bond donors (Lipinski definition) is 0. The fraction of sp³-hybridized carbons (Fsp3) is 0.778. The Morgan fingerprint density at radius 3 is 1.87 bits per heavy atom. The second kappa shape index (κ2) is 9.62. The summed E-state index contributed by atoms with van der Waals surface area (Å²) in [6.07, 6.45) is 2.10. The van der Waals surface area contributed by atoms with Crippen molar-refractivity contribution in [2.24, 2.45) is 0 Å². The standard InChI is InChI=1S/C9H22O3SSi2/c1-4-10-15(11-5-2,12-6-3)9-7-8-13-14/h7,9H,4-6,8H2,1-3,14H3. The lowest BCUT2D eigenvalue weighted by Crippen LogP contribution is -2.44. The lowest BCUT2D eigenvalue weighted by molar-refractivity contribution is 0.0842. The van der Waals surface area contributed by atoms with Gasteiger partial charge in [-0.15, -0.1) is 0 Å². The maximum Gasteiger partial charge on any atom is 0.529 e. The van der Waals surface area contributed by atoms with Crippen molar-refractivity contribution in [1.82, 2.24) is 0 Å². The Balaban J connectivity index is 4.44. The molecule has 0 N–H and O–H groups in total. The predicted molar refractivity (Wildman–Crippen MR) is 72.2 cm³/mol. The maximum absolute atomic E-state index is 5.67. The molecule has 0 aliphatic carbocycles. The lowest BCUT2D eigenvalue weighted by Gasteiger charge is -2.25. The van der Waals surface area contributed by atoms with E-state index < -0.39 is 8.80 Å². The zero-order valence-corrected chi connectivity index (χ0v) is 13.9. The fourth-order valence-corrected chi connectivity index (χ4v) is 4.35. The van der Waals surface area contributed by atoms with Crippen LogP contribution in [0.3, 0.4) is 0 Å². The van der Waals surface area contributed by atoms with E-state index in [0.29, 0.717) is 19.8 Å². The molecule has 0 radical (unpaired) electrons. The largest absolute Gasteiger partial charge is 0.529 e. The highest BCUT2D eigenvalue weighted by molar-refractivity contribution is 8.19. The summed E-state index contributed by atoms with van der Waals surface area (Å²) in [6, 6.07) is 0. The molecule has 6 heteroatoms. The average molecular weight is 267 g/mol. The van der Waals surface area contributed by atoms with Gasteiger partial charge in [-0.25, -0.2) is 0 Å². The summed E-state index contributed by atoms with van der Waals surface area (Å²) < 4.78 is 17.0. The Morgan fingerprint density at radius 2 is 1.53 bits per heavy atom. The Bertz CT molecular complexity index is 162. The molecule has 0 unspecified atom stereocenters. The molecule has 0 bridgehead atoms. The van der Waals surface area contributed by atoms with Crippen molar-refractivity contribution in [2.45, 2.75) is 20.8 Å². The summed E-state index contributed by atoms with van der Waals surface area (Å²) in [5, 5.41) is 0. The van der Waals surface area contributed by atoms with Crippen LogP contribution in [0.15, 0.2) is 11.8 Å². The van der Waals surface area contributed by atoms with Gasteiger partial charge in [0.1, 0.15) is 0 Å². The zero-order valence-electron chi connectivity index (χ0n) is 10.1. The van der Waals surface area contributed by atoms with Crippen LogP contribution in [0.4, 0.5) is 0 Å². The van der Waals surface area contributed by atoms with E-state index in [-0.39, 0.29) is 0 Å². The molecule has 0 aromatic heterocycles. The van der Waals surface area contributed by atoms with Gasteiger partial charge in [0, 0.05) is 25.6 Å². The van der Waals surface area contributed by atoms with Gasteiger partial charge in [-0.2, -0.15) is 11.2 Å². The second-order valence-corrected chi connectivity index (χ2v) is 7.81. The van der Waals surface area contributed by atoms with Crippen LogP contribution >= 0.6 is 11.2 Å². The van der Waals surface area contributed by atoms with Gasteiger partial charge in [0.05, 0.1) is 9.39 Å². The van der Waals surface area contributed by atoms with Crippen LogP contribution in [-0.2, 0) is 13.3 Å². The fourth-order valence-electron chi connectivity index (χ4n) is 1.16. The minimum absolute atomic E-state index is 0.630. The molecule has 0 spiro atoms. The normalized spacial score (nSPS) is 12.7. The summed E-state index contributed by atoms with van der Waals surface area (Å²) in [5.74, 6) is 1.02. The molecule has 0 saturated carbocycles. The van der Waals surface area contributed by atoms with Gasteiger partial charge in [-0.05, 0) is 26.5 Å². The van der Waals surface area contributed by atoms with Crippen molar-refractivity contribution in [3.63, 3.8) is 0 Å². The molecule has 15 heavy (non-hydrogen) atoms. The average Bonchev–Trinajstić information content (AvgIpc) is 2.19. The van der Waals surface area contributed by atoms with Crippen molar-refractivity contribution in [3.05, 3.63) is 11.8 Å². The molecule has 0 atom stereocenters. The van der Waals surface area contributed by atoms with E-state index in [4.69, 9.17) is 13.3 Å². The first-order chi connectivity index (χ1) is 7.24. The van der Waals surface area contributed by atoms with Crippen LogP contribution in [0, 0.1) is 0 Å². The van der Waals surface area contributed by atoms with Crippen LogP contribution < -0.4 is 0 Å². The Labute approximate surface area is 101 Å². The highest BCUT2D eigenvalue weighted by Crippen LogP contribution is 2.12. The summed E-state index contributed by atoms with van der Waals surface area (Å²) in [5.41, 5.74) is 2.01. The summed E-state index contributed by atoms with van der Waals surface area (Å²) in [4.78, 5) is 0. The molecular weight excluding hydrogens is 244 g/mol. The molecule has 3 nitrogen and oxygen atoms in total. The van der Waals surface area contributed by atoms with Gasteiger partial charge < -0.3 is 13.3 Å². The predicted octanol–water partition coefficient (Wildman–Crippen LogP) is 1.14. The molecule has 0 aromatic carbocycles. The smallest absolute Gasteiger partial charge is 0.371 e. The lowest BCUT2D eigenvalue weighted by atomic mass is 10.8. The van der Waals surface area contributed by atoms with Crippen LogP contribution in [0.1, 0.15) is 20.8 Å². The third-order valence-electron chi connectivity index (χ3n) is 1.62. The monoisotopic (exact) mass is 266 g/mol. The van der Waals surface area contributed by atoms with Crippen molar-refractivity contribution in [2.75, 3.05) is 25.6 Å². The van der Waals surface area contributed by atoms with E-state index >= 15 is 0 Å².